The molecule has 4 aromatic rings. The molecule has 0 fully saturated rings. The van der Waals surface area contributed by atoms with Crippen molar-refractivity contribution >= 4 is 0 Å². The van der Waals surface area contributed by atoms with E-state index in [4.69, 9.17) is 0 Å². The number of phenolic OH excluding ortho intramolecular Hbond substituents is 2. The Hall–Kier alpha value is -3.60. The fourth-order valence-electron chi connectivity index (χ4n) is 7.12. The lowest BCUT2D eigenvalue weighted by atomic mass is 9.83. The van der Waals surface area contributed by atoms with Crippen LogP contribution in [0, 0.1) is 13.8 Å². The number of phenols is 2. The van der Waals surface area contributed by atoms with Gasteiger partial charge < -0.3 is 15.1 Å². The average molecular weight is 649 g/mol. The van der Waals surface area contributed by atoms with Gasteiger partial charge in [-0.1, -0.05) is 97.0 Å². The summed E-state index contributed by atoms with van der Waals surface area (Å²) in [7, 11) is 4.21. The number of hydrogen-bond acceptors (Lipinski definition) is 4. The monoisotopic (exact) mass is 648 g/mol. The van der Waals surface area contributed by atoms with Crippen LogP contribution in [0.1, 0.15) is 111 Å². The molecule has 4 nitrogen and oxygen atoms in total. The van der Waals surface area contributed by atoms with E-state index < -0.39 is 0 Å². The van der Waals surface area contributed by atoms with Gasteiger partial charge in [0.2, 0.25) is 0 Å². The molecular formula is C44H60N2O2. The number of aromatic hydroxyl groups is 2. The SMILES string of the molecule is CCc1cccc(C(C)C)c1-c1cc(C)cc(CCN(CCN(C)C)Cc2cc(C)cc(-c3c(C(C)C)cccc3C(C)C)c2O)c1O. The van der Waals surface area contributed by atoms with Gasteiger partial charge >= 0.3 is 0 Å². The molecule has 0 radical (unpaired) electrons. The van der Waals surface area contributed by atoms with Crippen molar-refractivity contribution < 1.29 is 10.2 Å². The van der Waals surface area contributed by atoms with Crippen LogP contribution in [-0.4, -0.2) is 53.7 Å². The molecule has 0 unspecified atom stereocenters. The van der Waals surface area contributed by atoms with E-state index >= 15 is 0 Å². The minimum absolute atomic E-state index is 0.339. The Morgan fingerprint density at radius 2 is 1.06 bits per heavy atom. The molecule has 0 saturated heterocycles. The minimum Gasteiger partial charge on any atom is -0.507 e. The van der Waals surface area contributed by atoms with E-state index in [2.05, 4.69) is 147 Å². The lowest BCUT2D eigenvalue weighted by Crippen LogP contribution is -2.33. The normalized spacial score (nSPS) is 12.0. The Bertz CT molecular complexity index is 1670. The standard InChI is InChI=1S/C44H60N2O2/c1-12-33-15-13-16-36(28(2)3)41(33)39-25-31(8)23-34(43(39)47)19-20-46(22-21-45(10)11)27-35-24-32(9)26-40(44(35)48)42-37(29(4)5)17-14-18-38(42)30(6)7/h13-18,23-26,28-30,47-48H,12,19-22,27H2,1-11H3. The van der Waals surface area contributed by atoms with E-state index in [1.54, 1.807) is 0 Å². The number of likely N-dealkylation sites (N-methyl/N-ethyl adjacent to an activating group) is 1. The molecule has 4 aromatic carbocycles. The first-order chi connectivity index (χ1) is 22.7. The number of aryl methyl sites for hydroxylation is 3. The highest BCUT2D eigenvalue weighted by atomic mass is 16.3. The third-order valence-corrected chi connectivity index (χ3v) is 9.72. The Kier molecular flexibility index (Phi) is 12.6. The second-order valence-electron chi connectivity index (χ2n) is 15.0. The molecule has 0 spiro atoms. The van der Waals surface area contributed by atoms with Gasteiger partial charge in [0.05, 0.1) is 0 Å². The Balaban J connectivity index is 1.73. The molecule has 0 bridgehead atoms. The first kappa shape index (κ1) is 37.2. The zero-order valence-corrected chi connectivity index (χ0v) is 31.5. The van der Waals surface area contributed by atoms with Crippen LogP contribution in [0.15, 0.2) is 60.7 Å². The number of nitrogens with zero attached hydrogens (tertiary/aromatic N) is 2. The fourth-order valence-corrected chi connectivity index (χ4v) is 7.12. The quantitative estimate of drug-likeness (QED) is 0.143. The highest BCUT2D eigenvalue weighted by Crippen LogP contribution is 2.43. The molecule has 4 rings (SSSR count). The first-order valence-corrected chi connectivity index (χ1v) is 18.0. The summed E-state index contributed by atoms with van der Waals surface area (Å²) < 4.78 is 0. The van der Waals surface area contributed by atoms with Gasteiger partial charge in [0, 0.05) is 42.9 Å². The molecule has 0 aliphatic heterocycles. The summed E-state index contributed by atoms with van der Waals surface area (Å²) in [6, 6.07) is 21.7. The molecule has 0 aromatic heterocycles. The van der Waals surface area contributed by atoms with Gasteiger partial charge in [-0.15, -0.1) is 0 Å². The smallest absolute Gasteiger partial charge is 0.127 e. The number of hydrogen-bond donors (Lipinski definition) is 2. The van der Waals surface area contributed by atoms with Crippen molar-refractivity contribution in [3.63, 3.8) is 0 Å². The van der Waals surface area contributed by atoms with Crippen molar-refractivity contribution in [2.24, 2.45) is 0 Å². The van der Waals surface area contributed by atoms with Crippen molar-refractivity contribution in [3.8, 4) is 33.8 Å². The van der Waals surface area contributed by atoms with Crippen LogP contribution in [0.2, 0.25) is 0 Å². The van der Waals surface area contributed by atoms with Crippen molar-refractivity contribution in [3.05, 3.63) is 105 Å². The van der Waals surface area contributed by atoms with Crippen molar-refractivity contribution in [1.82, 2.24) is 9.80 Å². The summed E-state index contributed by atoms with van der Waals surface area (Å²) in [6.45, 7) is 23.0. The van der Waals surface area contributed by atoms with Crippen LogP contribution in [0.5, 0.6) is 11.5 Å². The Morgan fingerprint density at radius 1 is 0.583 bits per heavy atom. The second-order valence-corrected chi connectivity index (χ2v) is 15.0. The molecular weight excluding hydrogens is 588 g/mol. The van der Waals surface area contributed by atoms with E-state index in [1.165, 1.54) is 33.4 Å². The Labute approximate surface area is 291 Å². The molecule has 258 valence electrons. The zero-order chi connectivity index (χ0) is 35.3. The molecule has 0 aliphatic carbocycles. The molecule has 0 amide bonds. The van der Waals surface area contributed by atoms with Gasteiger partial charge in [0.15, 0.2) is 0 Å². The topological polar surface area (TPSA) is 46.9 Å². The molecule has 48 heavy (non-hydrogen) atoms. The molecule has 0 aliphatic rings. The number of rotatable bonds is 14. The maximum Gasteiger partial charge on any atom is 0.127 e. The molecule has 0 saturated carbocycles. The van der Waals surface area contributed by atoms with Crippen LogP contribution < -0.4 is 0 Å². The molecule has 0 atom stereocenters. The van der Waals surface area contributed by atoms with Gasteiger partial charge in [0.25, 0.3) is 0 Å². The van der Waals surface area contributed by atoms with E-state index in [0.29, 0.717) is 42.2 Å². The summed E-state index contributed by atoms with van der Waals surface area (Å²) in [5.41, 5.74) is 13.5. The van der Waals surface area contributed by atoms with E-state index in [9.17, 15) is 10.2 Å². The first-order valence-electron chi connectivity index (χ1n) is 18.0. The van der Waals surface area contributed by atoms with Gasteiger partial charge in [-0.2, -0.15) is 0 Å². The third kappa shape index (κ3) is 8.51. The largest absolute Gasteiger partial charge is 0.507 e. The van der Waals surface area contributed by atoms with Crippen molar-refractivity contribution in [1.29, 1.82) is 0 Å². The van der Waals surface area contributed by atoms with E-state index in [0.717, 1.165) is 59.4 Å². The lowest BCUT2D eigenvalue weighted by molar-refractivity contribution is 0.233. The minimum atomic E-state index is 0.339. The fraction of sp³-hybridized carbons (Fsp3) is 0.455. The lowest BCUT2D eigenvalue weighted by Gasteiger charge is -2.27. The van der Waals surface area contributed by atoms with E-state index in [1.807, 2.05) is 0 Å². The van der Waals surface area contributed by atoms with Crippen LogP contribution in [0.3, 0.4) is 0 Å². The summed E-state index contributed by atoms with van der Waals surface area (Å²) >= 11 is 0. The second kappa shape index (κ2) is 16.2. The molecule has 0 heterocycles. The molecule has 2 N–H and O–H groups in total. The summed E-state index contributed by atoms with van der Waals surface area (Å²) in [4.78, 5) is 4.64. The van der Waals surface area contributed by atoms with Crippen molar-refractivity contribution in [2.75, 3.05) is 33.7 Å². The van der Waals surface area contributed by atoms with Gasteiger partial charge in [-0.25, -0.2) is 0 Å². The average Bonchev–Trinajstić information content (AvgIpc) is 3.03. The van der Waals surface area contributed by atoms with Crippen LogP contribution in [0.4, 0.5) is 0 Å². The van der Waals surface area contributed by atoms with E-state index in [-0.39, 0.29) is 0 Å². The van der Waals surface area contributed by atoms with Crippen LogP contribution in [0.25, 0.3) is 22.3 Å². The third-order valence-electron chi connectivity index (χ3n) is 9.72. The van der Waals surface area contributed by atoms with Gasteiger partial charge in [-0.05, 0) is 121 Å². The Morgan fingerprint density at radius 3 is 1.58 bits per heavy atom. The number of benzene rings is 4. The summed E-state index contributed by atoms with van der Waals surface area (Å²) in [5, 5.41) is 23.8. The summed E-state index contributed by atoms with van der Waals surface area (Å²) in [5.74, 6) is 1.80. The van der Waals surface area contributed by atoms with Crippen LogP contribution in [-0.2, 0) is 19.4 Å². The molecule has 4 heteroatoms. The van der Waals surface area contributed by atoms with Gasteiger partial charge in [0.1, 0.15) is 11.5 Å². The summed E-state index contributed by atoms with van der Waals surface area (Å²) in [6.07, 6.45) is 1.63. The maximum absolute atomic E-state index is 12.0. The highest BCUT2D eigenvalue weighted by Gasteiger charge is 2.22. The predicted octanol–water partition coefficient (Wildman–Crippen LogP) is 10.6. The zero-order valence-electron chi connectivity index (χ0n) is 31.5. The maximum atomic E-state index is 12.0. The van der Waals surface area contributed by atoms with Crippen LogP contribution >= 0.6 is 0 Å². The predicted molar refractivity (Wildman–Crippen MR) is 206 cm³/mol. The van der Waals surface area contributed by atoms with Gasteiger partial charge in [-0.3, -0.25) is 4.90 Å². The highest BCUT2D eigenvalue weighted by molar-refractivity contribution is 5.80. The van der Waals surface area contributed by atoms with Crippen molar-refractivity contribution in [2.45, 2.75) is 99.5 Å².